The average Bonchev–Trinajstić information content (AvgIpc) is 1.49. The Balaban J connectivity index is 0.0000000985. The first kappa shape index (κ1) is 79.0. The lowest BCUT2D eigenvalue weighted by Crippen LogP contribution is -2.32. The number of hydrogen-bond acceptors (Lipinski definition) is 6. The summed E-state index contributed by atoms with van der Waals surface area (Å²) in [7, 11) is 0. The van der Waals surface area contributed by atoms with E-state index < -0.39 is 16.2 Å². The lowest BCUT2D eigenvalue weighted by molar-refractivity contribution is 0.440. The van der Waals surface area contributed by atoms with Gasteiger partial charge in [-0.1, -0.05) is 394 Å². The number of benzene rings is 20. The molecule has 0 bridgehead atoms. The molecule has 0 radical (unpaired) electrons. The zero-order valence-electron chi connectivity index (χ0n) is 76.6. The van der Waals surface area contributed by atoms with Crippen LogP contribution in [0.4, 0.5) is 0 Å². The van der Waals surface area contributed by atoms with E-state index in [9.17, 15) is 9.59 Å². The van der Waals surface area contributed by atoms with E-state index in [1.807, 2.05) is 44.5 Å². The Bertz CT molecular complexity index is 10500. The fourth-order valence-electron chi connectivity index (χ4n) is 27.2. The van der Waals surface area contributed by atoms with Crippen molar-refractivity contribution in [3.63, 3.8) is 0 Å². The Morgan fingerprint density at radius 1 is 0.196 bits per heavy atom. The van der Waals surface area contributed by atoms with Crippen molar-refractivity contribution in [3.05, 3.63) is 552 Å². The van der Waals surface area contributed by atoms with E-state index in [-0.39, 0.29) is 16.7 Å². The van der Waals surface area contributed by atoms with Crippen LogP contribution in [0.2, 0.25) is 0 Å². The molecule has 0 N–H and O–H groups in total. The zero-order chi connectivity index (χ0) is 93.7. The van der Waals surface area contributed by atoms with Gasteiger partial charge in [0, 0.05) is 91.8 Å². The summed E-state index contributed by atoms with van der Waals surface area (Å²) in [5, 5.41) is 15.6. The van der Waals surface area contributed by atoms with Crippen LogP contribution in [0.5, 0.6) is 11.5 Å². The molecule has 9 heterocycles. The second-order valence-electron chi connectivity index (χ2n) is 39.0. The highest BCUT2D eigenvalue weighted by molar-refractivity contribution is 7.22. The molecule has 662 valence electrons. The van der Waals surface area contributed by atoms with E-state index in [4.69, 9.17) is 4.74 Å². The lowest BCUT2D eigenvalue weighted by Gasteiger charge is -2.39. The summed E-state index contributed by atoms with van der Waals surface area (Å²) >= 11 is 3.15. The second kappa shape index (κ2) is 28.9. The van der Waals surface area contributed by atoms with Crippen LogP contribution in [-0.4, -0.2) is 13.2 Å². The fourth-order valence-corrected chi connectivity index (χ4v) is 29.2. The molecule has 34 rings (SSSR count). The van der Waals surface area contributed by atoms with Crippen LogP contribution in [0, 0.1) is 0 Å². The van der Waals surface area contributed by atoms with Gasteiger partial charge in [0.2, 0.25) is 0 Å². The van der Waals surface area contributed by atoms with Crippen LogP contribution in [0.15, 0.2) is 469 Å². The van der Waals surface area contributed by atoms with E-state index in [0.29, 0.717) is 5.39 Å². The standard InChI is InChI=1S/C56H33NO2.C42H23NOS.C36H19NOS/c58-55-44-22-8-7-19-40(44)45-32-39(38-30-36(34-15-3-1-4-16-34)29-37(31-38)35-17-5-2-6-18-35)33-46-43-27-28-50-54(53(43)57(55)52(45)46)59-51-26-14-13-25-49(51)56(50)47-23-11-9-20-41(47)42-21-10-12-24-48(42)56;44-41-40-31(23-36(45-40)24-11-2-1-3-12-24)28-17-10-16-27-29-21-22-35-37(39(29)43(41)38(27)28)30-15-6-9-20-34(30)42(35)32-18-7-4-13-25(32)26-14-5-8-19-33(26)42;38-35-34-25(18-19-39-34)23-12-7-11-22-24-16-17-30-31(33(24)37(35)32(22)23)26-10-3-6-15-29(26)36(30)27-13-4-1-8-20(27)21-9-2-5-14-28(21)36/h1-33H;1-23H;1-19H. The van der Waals surface area contributed by atoms with Crippen LogP contribution in [0.25, 0.3) is 212 Å². The number of para-hydroxylation sites is 3. The molecule has 0 unspecified atom stereocenters. The molecule has 20 aromatic carbocycles. The molecule has 5 aliphatic carbocycles. The topological polar surface area (TPSA) is 73.7 Å². The molecule has 0 saturated heterocycles. The van der Waals surface area contributed by atoms with Gasteiger partial charge in [-0.05, 0) is 204 Å². The predicted molar refractivity (Wildman–Crippen MR) is 590 cm³/mol. The molecular weight excluding hydrogens is 1780 g/mol. The number of pyridine rings is 3. The van der Waals surface area contributed by atoms with Gasteiger partial charge in [0.05, 0.1) is 43.8 Å². The summed E-state index contributed by atoms with van der Waals surface area (Å²) in [5.74, 6) is 1.52. The van der Waals surface area contributed by atoms with Crippen molar-refractivity contribution in [2.75, 3.05) is 0 Å². The summed E-state index contributed by atoms with van der Waals surface area (Å²) < 4.78 is 14.8. The largest absolute Gasteiger partial charge is 0.454 e. The third-order valence-electron chi connectivity index (χ3n) is 32.6. The van der Waals surface area contributed by atoms with Crippen molar-refractivity contribution < 1.29 is 4.74 Å². The highest BCUT2D eigenvalue weighted by Crippen LogP contribution is 2.69. The molecular formula is C134H75N3O4S2. The molecule has 9 heteroatoms. The minimum atomic E-state index is -0.641. The van der Waals surface area contributed by atoms with E-state index in [0.717, 1.165) is 174 Å². The van der Waals surface area contributed by atoms with Crippen molar-refractivity contribution >= 4 is 135 Å². The van der Waals surface area contributed by atoms with Gasteiger partial charge in [-0.3, -0.25) is 27.6 Å². The number of nitrogens with zero attached hydrogens (tertiary/aromatic N) is 3. The number of rotatable bonds is 4. The normalized spacial score (nSPS) is 13.9. The molecule has 7 nitrogen and oxygen atoms in total. The van der Waals surface area contributed by atoms with Crippen molar-refractivity contribution in [2.45, 2.75) is 16.2 Å². The van der Waals surface area contributed by atoms with Crippen LogP contribution >= 0.6 is 22.7 Å². The molecule has 0 saturated carbocycles. The number of aromatic nitrogens is 3. The second-order valence-corrected chi connectivity index (χ2v) is 41.0. The summed E-state index contributed by atoms with van der Waals surface area (Å²) in [5.41, 5.74) is 39.7. The van der Waals surface area contributed by atoms with Gasteiger partial charge in [-0.2, -0.15) is 0 Å². The quantitative estimate of drug-likeness (QED) is 0.165. The summed E-state index contributed by atoms with van der Waals surface area (Å²) in [6.45, 7) is 0. The van der Waals surface area contributed by atoms with Crippen LogP contribution in [0.3, 0.4) is 0 Å². The first-order valence-corrected chi connectivity index (χ1v) is 50.6. The van der Waals surface area contributed by atoms with Gasteiger partial charge in [0.1, 0.15) is 20.7 Å². The molecule has 0 fully saturated rings. The van der Waals surface area contributed by atoms with Crippen molar-refractivity contribution in [1.82, 2.24) is 13.2 Å². The number of hydrogen-bond donors (Lipinski definition) is 0. The first-order chi connectivity index (χ1) is 70.7. The maximum Gasteiger partial charge on any atom is 0.273 e. The predicted octanol–water partition coefficient (Wildman–Crippen LogP) is 32.5. The molecule has 6 aliphatic rings. The maximum atomic E-state index is 15.1. The molecule has 28 aromatic rings. The van der Waals surface area contributed by atoms with Gasteiger partial charge in [-0.25, -0.2) is 0 Å². The van der Waals surface area contributed by atoms with Crippen LogP contribution < -0.4 is 21.4 Å². The summed E-state index contributed by atoms with van der Waals surface area (Å²) in [6.07, 6.45) is 0. The molecule has 8 aromatic heterocycles. The number of thiophene rings is 2. The van der Waals surface area contributed by atoms with E-state index in [2.05, 4.69) is 423 Å². The Morgan fingerprint density at radius 2 is 0.517 bits per heavy atom. The van der Waals surface area contributed by atoms with Crippen molar-refractivity contribution in [2.24, 2.45) is 0 Å². The average molecular weight is 1860 g/mol. The molecule has 0 atom stereocenters. The van der Waals surface area contributed by atoms with Gasteiger partial charge in [0.15, 0.2) is 5.75 Å². The van der Waals surface area contributed by atoms with Crippen LogP contribution in [-0.2, 0) is 16.2 Å². The van der Waals surface area contributed by atoms with Gasteiger partial charge >= 0.3 is 0 Å². The maximum absolute atomic E-state index is 15.1. The van der Waals surface area contributed by atoms with E-state index in [1.165, 1.54) is 111 Å². The van der Waals surface area contributed by atoms with Crippen molar-refractivity contribution in [1.29, 1.82) is 0 Å². The number of ether oxygens (including phenoxy) is 1. The van der Waals surface area contributed by atoms with Gasteiger partial charge < -0.3 is 4.74 Å². The monoisotopic (exact) mass is 1850 g/mol. The third kappa shape index (κ3) is 10.0. The van der Waals surface area contributed by atoms with E-state index in [1.54, 1.807) is 22.7 Å². The fraction of sp³-hybridized carbons (Fsp3) is 0.0224. The van der Waals surface area contributed by atoms with E-state index >= 15 is 4.79 Å². The Labute approximate surface area is 826 Å². The lowest BCUT2D eigenvalue weighted by atomic mass is 9.66. The minimum Gasteiger partial charge on any atom is -0.454 e. The van der Waals surface area contributed by atoms with Gasteiger partial charge in [-0.15, -0.1) is 22.7 Å². The molecule has 143 heavy (non-hydrogen) atoms. The Morgan fingerprint density at radius 3 is 0.993 bits per heavy atom. The van der Waals surface area contributed by atoms with Gasteiger partial charge in [0.25, 0.3) is 16.7 Å². The number of fused-ring (bicyclic) bond motifs is 47. The zero-order valence-corrected chi connectivity index (χ0v) is 78.2. The van der Waals surface area contributed by atoms with Crippen LogP contribution in [0.1, 0.15) is 66.8 Å². The molecule has 1 aliphatic heterocycles. The highest BCUT2D eigenvalue weighted by atomic mass is 32.1. The Kier molecular flexibility index (Phi) is 15.9. The first-order valence-electron chi connectivity index (χ1n) is 48.9. The third-order valence-corrected chi connectivity index (χ3v) is 34.7. The molecule has 3 spiro atoms. The smallest absolute Gasteiger partial charge is 0.273 e. The SMILES string of the molecule is O=c1c2ccccc2c2cc(-c3cc(-c4ccccc4)cc(-c4ccccc4)c3)cc3c4ccc5c(c4n1c23)Oc1ccccc1C51c2ccccc2-c2ccccc21.O=c1c2sc(-c3ccccc3)cc2c2cccc3c4ccc5c(c4n1c23)-c1ccccc1C51c2ccccc2-c2ccccc21.O=c1c2sccc2c2cccc3c4ccc5c(c4n1c23)-c1ccccc1C51c2ccccc2-c2ccccc21. The minimum absolute atomic E-state index is 0.0459. The summed E-state index contributed by atoms with van der Waals surface area (Å²) in [4.78, 5) is 45.2. The molecule has 0 amide bonds. The summed E-state index contributed by atoms with van der Waals surface area (Å²) in [6, 6.07) is 161. The highest BCUT2D eigenvalue weighted by Gasteiger charge is 2.56. The van der Waals surface area contributed by atoms with Crippen molar-refractivity contribution in [3.8, 4) is 111 Å². The Hall–Kier alpha value is -18.0.